The van der Waals surface area contributed by atoms with Gasteiger partial charge in [-0.1, -0.05) is 23.2 Å². The molecule has 6 heteroatoms. The summed E-state index contributed by atoms with van der Waals surface area (Å²) >= 11 is 11.6. The molecule has 0 bridgehead atoms. The average Bonchev–Trinajstić information content (AvgIpc) is 2.33. The van der Waals surface area contributed by atoms with Crippen molar-refractivity contribution in [3.8, 4) is 0 Å². The second-order valence-electron chi connectivity index (χ2n) is 3.82. The van der Waals surface area contributed by atoms with Gasteiger partial charge in [-0.2, -0.15) is 0 Å². The van der Waals surface area contributed by atoms with E-state index in [1.54, 1.807) is 0 Å². The molecule has 2 aromatic carbocycles. The van der Waals surface area contributed by atoms with Crippen molar-refractivity contribution >= 4 is 40.5 Å². The van der Waals surface area contributed by atoms with E-state index in [2.05, 4.69) is 5.32 Å². The van der Waals surface area contributed by atoms with Crippen LogP contribution in [0.25, 0.3) is 0 Å². The van der Waals surface area contributed by atoms with Crippen LogP contribution < -0.4 is 11.1 Å². The van der Waals surface area contributed by atoms with E-state index in [0.29, 0.717) is 10.7 Å². The van der Waals surface area contributed by atoms with Crippen LogP contribution in [-0.2, 0) is 0 Å². The van der Waals surface area contributed by atoms with Crippen molar-refractivity contribution in [2.75, 3.05) is 11.1 Å². The zero-order valence-electron chi connectivity index (χ0n) is 9.58. The first kappa shape index (κ1) is 13.6. The van der Waals surface area contributed by atoms with E-state index in [-0.39, 0.29) is 16.3 Å². The highest BCUT2D eigenvalue weighted by atomic mass is 35.5. The Morgan fingerprint density at radius 3 is 2.58 bits per heavy atom. The fourth-order valence-electron chi connectivity index (χ4n) is 1.50. The van der Waals surface area contributed by atoms with E-state index < -0.39 is 11.7 Å². The molecule has 0 saturated carbocycles. The number of nitrogens with two attached hydrogens (primary N) is 1. The van der Waals surface area contributed by atoms with Gasteiger partial charge in [-0.05, 0) is 36.4 Å². The van der Waals surface area contributed by atoms with Gasteiger partial charge in [-0.3, -0.25) is 4.79 Å². The molecule has 0 aliphatic rings. The van der Waals surface area contributed by atoms with E-state index in [9.17, 15) is 9.18 Å². The van der Waals surface area contributed by atoms with Crippen LogP contribution in [0, 0.1) is 5.82 Å². The minimum Gasteiger partial charge on any atom is -0.399 e. The number of benzene rings is 2. The monoisotopic (exact) mass is 298 g/mol. The van der Waals surface area contributed by atoms with E-state index in [0.717, 1.165) is 0 Å². The summed E-state index contributed by atoms with van der Waals surface area (Å²) in [4.78, 5) is 12.0. The SMILES string of the molecule is Nc1ccc(C(=O)Nc2cc(Cl)ccc2F)c(Cl)c1. The summed E-state index contributed by atoms with van der Waals surface area (Å²) in [5.74, 6) is -1.12. The zero-order valence-corrected chi connectivity index (χ0v) is 11.1. The minimum atomic E-state index is -0.579. The molecular weight excluding hydrogens is 290 g/mol. The van der Waals surface area contributed by atoms with Crippen LogP contribution in [0.4, 0.5) is 15.8 Å². The lowest BCUT2D eigenvalue weighted by molar-refractivity contribution is 0.102. The number of nitrogen functional groups attached to an aromatic ring is 1. The second kappa shape index (κ2) is 5.47. The molecule has 98 valence electrons. The number of rotatable bonds is 2. The van der Waals surface area contributed by atoms with Gasteiger partial charge in [0.05, 0.1) is 16.3 Å². The molecule has 0 fully saturated rings. The Morgan fingerprint density at radius 2 is 1.89 bits per heavy atom. The molecule has 1 amide bonds. The summed E-state index contributed by atoms with van der Waals surface area (Å²) < 4.78 is 13.5. The van der Waals surface area contributed by atoms with Crippen LogP contribution in [0.5, 0.6) is 0 Å². The largest absolute Gasteiger partial charge is 0.399 e. The van der Waals surface area contributed by atoms with Gasteiger partial charge in [0.1, 0.15) is 5.82 Å². The molecule has 0 heterocycles. The Labute approximate surface area is 119 Å². The maximum Gasteiger partial charge on any atom is 0.257 e. The van der Waals surface area contributed by atoms with Gasteiger partial charge in [0.2, 0.25) is 0 Å². The van der Waals surface area contributed by atoms with Crippen LogP contribution in [0.1, 0.15) is 10.4 Å². The summed E-state index contributed by atoms with van der Waals surface area (Å²) in [7, 11) is 0. The van der Waals surface area contributed by atoms with Gasteiger partial charge < -0.3 is 11.1 Å². The minimum absolute atomic E-state index is 0.00890. The average molecular weight is 299 g/mol. The van der Waals surface area contributed by atoms with Crippen molar-refractivity contribution in [2.45, 2.75) is 0 Å². The summed E-state index contributed by atoms with van der Waals surface area (Å²) in [6, 6.07) is 8.33. The van der Waals surface area contributed by atoms with Crippen LogP contribution >= 0.6 is 23.2 Å². The molecule has 0 unspecified atom stereocenters. The van der Waals surface area contributed by atoms with E-state index in [1.165, 1.54) is 36.4 Å². The predicted molar refractivity (Wildman–Crippen MR) is 75.2 cm³/mol. The Balaban J connectivity index is 2.28. The maximum atomic E-state index is 13.5. The van der Waals surface area contributed by atoms with Crippen molar-refractivity contribution < 1.29 is 9.18 Å². The lowest BCUT2D eigenvalue weighted by Gasteiger charge is -2.08. The molecule has 0 aromatic heterocycles. The first-order valence-corrected chi connectivity index (χ1v) is 6.04. The standard InChI is InChI=1S/C13H9Cl2FN2O/c14-7-1-4-11(16)12(5-7)18-13(19)9-3-2-8(17)6-10(9)15/h1-6H,17H2,(H,18,19). The number of hydrogen-bond donors (Lipinski definition) is 2. The predicted octanol–water partition coefficient (Wildman–Crippen LogP) is 3.97. The molecule has 3 N–H and O–H groups in total. The number of halogens is 3. The van der Waals surface area contributed by atoms with Crippen molar-refractivity contribution in [3.05, 3.63) is 57.8 Å². The number of amides is 1. The Morgan fingerprint density at radius 1 is 1.16 bits per heavy atom. The van der Waals surface area contributed by atoms with Crippen LogP contribution in [0.2, 0.25) is 10.0 Å². The second-order valence-corrected chi connectivity index (χ2v) is 4.66. The van der Waals surface area contributed by atoms with E-state index in [4.69, 9.17) is 28.9 Å². The molecule has 0 saturated heterocycles. The van der Waals surface area contributed by atoms with Gasteiger partial charge >= 0.3 is 0 Å². The topological polar surface area (TPSA) is 55.1 Å². The van der Waals surface area contributed by atoms with Gasteiger partial charge in [0.25, 0.3) is 5.91 Å². The van der Waals surface area contributed by atoms with Crippen molar-refractivity contribution in [1.29, 1.82) is 0 Å². The number of hydrogen-bond acceptors (Lipinski definition) is 2. The quantitative estimate of drug-likeness (QED) is 0.824. The van der Waals surface area contributed by atoms with E-state index >= 15 is 0 Å². The summed E-state index contributed by atoms with van der Waals surface area (Å²) in [5, 5.41) is 2.92. The maximum absolute atomic E-state index is 13.5. The fourth-order valence-corrected chi connectivity index (χ4v) is 1.95. The molecule has 0 spiro atoms. The number of carbonyl (C=O) groups excluding carboxylic acids is 1. The number of anilines is 2. The number of carbonyl (C=O) groups is 1. The third-order valence-corrected chi connectivity index (χ3v) is 2.96. The van der Waals surface area contributed by atoms with Gasteiger partial charge in [0, 0.05) is 10.7 Å². The van der Waals surface area contributed by atoms with Crippen LogP contribution in [0.15, 0.2) is 36.4 Å². The number of nitrogens with one attached hydrogen (secondary N) is 1. The molecule has 2 aromatic rings. The van der Waals surface area contributed by atoms with Crippen LogP contribution in [-0.4, -0.2) is 5.91 Å². The third kappa shape index (κ3) is 3.16. The summed E-state index contributed by atoms with van der Waals surface area (Å²) in [6.45, 7) is 0. The summed E-state index contributed by atoms with van der Waals surface area (Å²) in [6.07, 6.45) is 0. The first-order valence-electron chi connectivity index (χ1n) is 5.29. The highest BCUT2D eigenvalue weighted by Gasteiger charge is 2.13. The Kier molecular flexibility index (Phi) is 3.93. The third-order valence-electron chi connectivity index (χ3n) is 2.41. The Bertz CT molecular complexity index is 647. The highest BCUT2D eigenvalue weighted by Crippen LogP contribution is 2.23. The molecule has 0 radical (unpaired) electrons. The normalized spacial score (nSPS) is 10.3. The molecular formula is C13H9Cl2FN2O. The fraction of sp³-hybridized carbons (Fsp3) is 0. The molecule has 3 nitrogen and oxygen atoms in total. The van der Waals surface area contributed by atoms with Gasteiger partial charge in [-0.15, -0.1) is 0 Å². The molecule has 0 aliphatic carbocycles. The summed E-state index contributed by atoms with van der Waals surface area (Å²) in [5.41, 5.74) is 6.17. The zero-order chi connectivity index (χ0) is 14.0. The first-order chi connectivity index (χ1) is 8.97. The van der Waals surface area contributed by atoms with E-state index in [1.807, 2.05) is 0 Å². The van der Waals surface area contributed by atoms with Crippen LogP contribution in [0.3, 0.4) is 0 Å². The lowest BCUT2D eigenvalue weighted by atomic mass is 10.2. The molecule has 0 atom stereocenters. The van der Waals surface area contributed by atoms with Crippen molar-refractivity contribution in [2.24, 2.45) is 0 Å². The van der Waals surface area contributed by atoms with Crippen molar-refractivity contribution in [3.63, 3.8) is 0 Å². The highest BCUT2D eigenvalue weighted by molar-refractivity contribution is 6.34. The lowest BCUT2D eigenvalue weighted by Crippen LogP contribution is -2.13. The molecule has 0 aliphatic heterocycles. The Hall–Kier alpha value is -1.78. The molecule has 19 heavy (non-hydrogen) atoms. The van der Waals surface area contributed by atoms with Crippen molar-refractivity contribution in [1.82, 2.24) is 0 Å². The molecule has 2 rings (SSSR count). The van der Waals surface area contributed by atoms with Gasteiger partial charge in [-0.25, -0.2) is 4.39 Å². The smallest absolute Gasteiger partial charge is 0.257 e. The van der Waals surface area contributed by atoms with Gasteiger partial charge in [0.15, 0.2) is 0 Å².